The number of sulfone groups is 1. The molecule has 3 rings (SSSR count). The summed E-state index contributed by atoms with van der Waals surface area (Å²) in [6.45, 7) is 1.85. The van der Waals surface area contributed by atoms with Crippen LogP contribution < -0.4 is 10.2 Å². The van der Waals surface area contributed by atoms with E-state index < -0.39 is 9.84 Å². The molecule has 1 aromatic rings. The molecule has 4 nitrogen and oxygen atoms in total. The fourth-order valence-electron chi connectivity index (χ4n) is 3.17. The highest BCUT2D eigenvalue weighted by Crippen LogP contribution is 2.22. The fourth-order valence-corrected chi connectivity index (χ4v) is 4.66. The molecule has 6 heteroatoms. The molecule has 2 heterocycles. The van der Waals surface area contributed by atoms with E-state index in [0.717, 1.165) is 38.0 Å². The first-order valence-electron chi connectivity index (χ1n) is 7.49. The molecule has 0 saturated carbocycles. The van der Waals surface area contributed by atoms with Gasteiger partial charge in [0.1, 0.15) is 15.7 Å². The van der Waals surface area contributed by atoms with Crippen molar-refractivity contribution in [2.75, 3.05) is 29.5 Å². The molecule has 0 radical (unpaired) electrons. The zero-order valence-corrected chi connectivity index (χ0v) is 12.8. The van der Waals surface area contributed by atoms with Crippen molar-refractivity contribution in [2.24, 2.45) is 0 Å². The molecule has 0 bridgehead atoms. The quantitative estimate of drug-likeness (QED) is 0.920. The van der Waals surface area contributed by atoms with E-state index in [0.29, 0.717) is 23.6 Å². The van der Waals surface area contributed by atoms with Gasteiger partial charge in [-0.3, -0.25) is 0 Å². The van der Waals surface area contributed by atoms with Gasteiger partial charge in [0.15, 0.2) is 0 Å². The third kappa shape index (κ3) is 3.74. The highest BCUT2D eigenvalue weighted by Gasteiger charge is 2.28. The maximum atomic E-state index is 12.9. The van der Waals surface area contributed by atoms with Crippen molar-refractivity contribution in [1.82, 2.24) is 5.32 Å². The van der Waals surface area contributed by atoms with Gasteiger partial charge in [0.2, 0.25) is 0 Å². The van der Waals surface area contributed by atoms with Crippen LogP contribution in [0.4, 0.5) is 10.1 Å². The summed E-state index contributed by atoms with van der Waals surface area (Å²) in [6.07, 6.45) is 2.48. The van der Waals surface area contributed by atoms with Crippen molar-refractivity contribution in [2.45, 2.75) is 31.3 Å². The van der Waals surface area contributed by atoms with Crippen LogP contribution in [0.25, 0.3) is 0 Å². The second kappa shape index (κ2) is 5.93. The molecule has 116 valence electrons. The first-order valence-corrected chi connectivity index (χ1v) is 9.31. The first kappa shape index (κ1) is 14.8. The molecule has 0 spiro atoms. The van der Waals surface area contributed by atoms with Crippen LogP contribution in [0, 0.1) is 5.82 Å². The Labute approximate surface area is 125 Å². The SMILES string of the molecule is O=S1(=O)CCC(NC2CCN(c3ccc(F)cc3)C2)CC1. The Morgan fingerprint density at radius 2 is 1.71 bits per heavy atom. The Bertz CT molecular complexity index is 574. The minimum atomic E-state index is -2.79. The van der Waals surface area contributed by atoms with Crippen LogP contribution in [0.2, 0.25) is 0 Å². The van der Waals surface area contributed by atoms with Gasteiger partial charge in [-0.05, 0) is 43.5 Å². The highest BCUT2D eigenvalue weighted by molar-refractivity contribution is 7.91. The maximum Gasteiger partial charge on any atom is 0.150 e. The number of rotatable bonds is 3. The molecule has 1 aromatic carbocycles. The summed E-state index contributed by atoms with van der Waals surface area (Å²) >= 11 is 0. The molecule has 1 N–H and O–H groups in total. The molecule has 2 aliphatic heterocycles. The monoisotopic (exact) mass is 312 g/mol. The van der Waals surface area contributed by atoms with Crippen molar-refractivity contribution in [3.63, 3.8) is 0 Å². The van der Waals surface area contributed by atoms with Crippen molar-refractivity contribution >= 4 is 15.5 Å². The predicted molar refractivity (Wildman–Crippen MR) is 81.8 cm³/mol. The van der Waals surface area contributed by atoms with Gasteiger partial charge >= 0.3 is 0 Å². The van der Waals surface area contributed by atoms with Crippen LogP contribution in [0.3, 0.4) is 0 Å². The number of hydrogen-bond acceptors (Lipinski definition) is 4. The zero-order valence-electron chi connectivity index (χ0n) is 12.0. The molecule has 0 amide bonds. The van der Waals surface area contributed by atoms with E-state index in [4.69, 9.17) is 0 Å². The Kier molecular flexibility index (Phi) is 4.17. The second-order valence-electron chi connectivity index (χ2n) is 6.00. The van der Waals surface area contributed by atoms with E-state index in [9.17, 15) is 12.8 Å². The van der Waals surface area contributed by atoms with Crippen molar-refractivity contribution in [1.29, 1.82) is 0 Å². The summed E-state index contributed by atoms with van der Waals surface area (Å²) < 4.78 is 35.8. The van der Waals surface area contributed by atoms with E-state index in [2.05, 4.69) is 10.2 Å². The van der Waals surface area contributed by atoms with Crippen molar-refractivity contribution < 1.29 is 12.8 Å². The lowest BCUT2D eigenvalue weighted by molar-refractivity contribution is 0.414. The van der Waals surface area contributed by atoms with Crippen LogP contribution in [0.1, 0.15) is 19.3 Å². The van der Waals surface area contributed by atoms with Gasteiger partial charge in [0.05, 0.1) is 11.5 Å². The highest BCUT2D eigenvalue weighted by atomic mass is 32.2. The number of hydrogen-bond donors (Lipinski definition) is 1. The van der Waals surface area contributed by atoms with E-state index in [1.54, 1.807) is 0 Å². The predicted octanol–water partition coefficient (Wildman–Crippen LogP) is 1.57. The van der Waals surface area contributed by atoms with Crippen molar-refractivity contribution in [3.05, 3.63) is 30.1 Å². The van der Waals surface area contributed by atoms with E-state index in [1.165, 1.54) is 12.1 Å². The smallest absolute Gasteiger partial charge is 0.150 e. The Balaban J connectivity index is 1.52. The third-order valence-corrected chi connectivity index (χ3v) is 6.12. The largest absolute Gasteiger partial charge is 0.370 e. The van der Waals surface area contributed by atoms with Gasteiger partial charge in [-0.1, -0.05) is 0 Å². The van der Waals surface area contributed by atoms with Crippen LogP contribution in [-0.4, -0.2) is 45.1 Å². The number of halogens is 1. The van der Waals surface area contributed by atoms with E-state index in [1.807, 2.05) is 12.1 Å². The second-order valence-corrected chi connectivity index (χ2v) is 8.30. The average molecular weight is 312 g/mol. The van der Waals surface area contributed by atoms with Crippen LogP contribution in [0.15, 0.2) is 24.3 Å². The van der Waals surface area contributed by atoms with Gasteiger partial charge in [-0.25, -0.2) is 12.8 Å². The number of benzene rings is 1. The van der Waals surface area contributed by atoms with E-state index in [-0.39, 0.29) is 5.82 Å². The van der Waals surface area contributed by atoms with Crippen LogP contribution in [0.5, 0.6) is 0 Å². The third-order valence-electron chi connectivity index (χ3n) is 4.41. The lowest BCUT2D eigenvalue weighted by atomic mass is 10.1. The Morgan fingerprint density at radius 1 is 1.05 bits per heavy atom. The topological polar surface area (TPSA) is 49.4 Å². The normalized spacial score (nSPS) is 26.1. The summed E-state index contributed by atoms with van der Waals surface area (Å²) in [5.41, 5.74) is 1.05. The molecule has 21 heavy (non-hydrogen) atoms. The lowest BCUT2D eigenvalue weighted by Gasteiger charge is -2.27. The first-order chi connectivity index (χ1) is 10.0. The van der Waals surface area contributed by atoms with E-state index >= 15 is 0 Å². The summed E-state index contributed by atoms with van der Waals surface area (Å²) in [7, 11) is -2.79. The molecule has 2 saturated heterocycles. The molecule has 1 atom stereocenters. The molecule has 1 unspecified atom stereocenters. The molecule has 0 aliphatic carbocycles. The minimum absolute atomic E-state index is 0.212. The average Bonchev–Trinajstić information content (AvgIpc) is 2.91. The summed E-state index contributed by atoms with van der Waals surface area (Å²) in [6, 6.07) is 7.30. The van der Waals surface area contributed by atoms with Gasteiger partial charge in [-0.2, -0.15) is 0 Å². The standard InChI is InChI=1S/C15H21FN2O2S/c16-12-1-3-15(4-2-12)18-8-5-14(11-18)17-13-6-9-21(19,20)10-7-13/h1-4,13-14,17H,5-11H2. The Hall–Kier alpha value is -1.14. The molecular weight excluding hydrogens is 291 g/mol. The van der Waals surface area contributed by atoms with Crippen LogP contribution in [-0.2, 0) is 9.84 Å². The zero-order chi connectivity index (χ0) is 14.9. The molecule has 2 aliphatic rings. The minimum Gasteiger partial charge on any atom is -0.370 e. The fraction of sp³-hybridized carbons (Fsp3) is 0.600. The molecular formula is C15H21FN2O2S. The lowest BCUT2D eigenvalue weighted by Crippen LogP contribution is -2.44. The number of nitrogens with one attached hydrogen (secondary N) is 1. The summed E-state index contributed by atoms with van der Waals surface area (Å²) in [5.74, 6) is 0.397. The summed E-state index contributed by atoms with van der Waals surface area (Å²) in [5, 5.41) is 3.59. The van der Waals surface area contributed by atoms with Crippen LogP contribution >= 0.6 is 0 Å². The molecule has 0 aromatic heterocycles. The Morgan fingerprint density at radius 3 is 2.38 bits per heavy atom. The summed E-state index contributed by atoms with van der Waals surface area (Å²) in [4.78, 5) is 2.25. The number of anilines is 1. The maximum absolute atomic E-state index is 12.9. The van der Waals surface area contributed by atoms with Gasteiger partial charge in [0, 0.05) is 30.9 Å². The number of nitrogens with zero attached hydrogens (tertiary/aromatic N) is 1. The van der Waals surface area contributed by atoms with Gasteiger partial charge < -0.3 is 10.2 Å². The van der Waals surface area contributed by atoms with Gasteiger partial charge in [0.25, 0.3) is 0 Å². The molecule has 2 fully saturated rings. The van der Waals surface area contributed by atoms with Gasteiger partial charge in [-0.15, -0.1) is 0 Å². The van der Waals surface area contributed by atoms with Crippen molar-refractivity contribution in [3.8, 4) is 0 Å².